The van der Waals surface area contributed by atoms with Crippen molar-refractivity contribution in [3.63, 3.8) is 0 Å². The molecule has 0 atom stereocenters. The van der Waals surface area contributed by atoms with E-state index in [1.165, 1.54) is 0 Å². The highest BCUT2D eigenvalue weighted by atomic mass is 16.5. The second kappa shape index (κ2) is 5.05. The van der Waals surface area contributed by atoms with Crippen molar-refractivity contribution in [3.8, 4) is 0 Å². The monoisotopic (exact) mass is 284 g/mol. The van der Waals surface area contributed by atoms with Crippen LogP contribution in [0.25, 0.3) is 11.0 Å². The molecule has 6 heteroatoms. The predicted molar refractivity (Wildman–Crippen MR) is 79.0 cm³/mol. The lowest BCUT2D eigenvalue weighted by Gasteiger charge is -2.03. The molecule has 0 spiro atoms. The highest BCUT2D eigenvalue weighted by Crippen LogP contribution is 2.20. The van der Waals surface area contributed by atoms with Crippen LogP contribution in [0.15, 0.2) is 28.8 Å². The largest absolute Gasteiger partial charge is 0.356 e. The molecule has 0 radical (unpaired) electrons. The minimum Gasteiger partial charge on any atom is -0.356 e. The molecule has 3 aromatic rings. The van der Waals surface area contributed by atoms with Crippen LogP contribution in [-0.2, 0) is 18.3 Å². The van der Waals surface area contributed by atoms with E-state index in [4.69, 9.17) is 4.52 Å². The van der Waals surface area contributed by atoms with Crippen molar-refractivity contribution >= 4 is 22.7 Å². The Morgan fingerprint density at radius 1 is 1.33 bits per heavy atom. The van der Waals surface area contributed by atoms with Crippen LogP contribution in [0.4, 0.5) is 5.82 Å². The molecule has 108 valence electrons. The summed E-state index contributed by atoms with van der Waals surface area (Å²) >= 11 is 0. The summed E-state index contributed by atoms with van der Waals surface area (Å²) in [6.07, 6.45) is 0.167. The number of hydrogen-bond donors (Lipinski definition) is 1. The van der Waals surface area contributed by atoms with Gasteiger partial charge in [-0.1, -0.05) is 16.8 Å². The van der Waals surface area contributed by atoms with E-state index in [1.807, 2.05) is 38.1 Å². The Hall–Kier alpha value is -2.63. The fourth-order valence-corrected chi connectivity index (χ4v) is 2.30. The van der Waals surface area contributed by atoms with Crippen molar-refractivity contribution in [2.75, 3.05) is 5.32 Å². The third-order valence-electron chi connectivity index (χ3n) is 3.30. The first-order chi connectivity index (χ1) is 10.0. The molecule has 1 amide bonds. The first-order valence-corrected chi connectivity index (χ1v) is 6.68. The Kier molecular flexibility index (Phi) is 3.21. The number of rotatable bonds is 3. The number of carbonyl (C=O) groups is 1. The molecule has 0 aliphatic carbocycles. The molecule has 0 fully saturated rings. The molecule has 2 aromatic heterocycles. The first-order valence-electron chi connectivity index (χ1n) is 6.68. The minimum atomic E-state index is -0.144. The van der Waals surface area contributed by atoms with E-state index in [0.717, 1.165) is 16.6 Å². The molecule has 0 saturated carbocycles. The Morgan fingerprint density at radius 2 is 2.14 bits per heavy atom. The van der Waals surface area contributed by atoms with Gasteiger partial charge in [0.1, 0.15) is 11.5 Å². The number of aromatic nitrogens is 3. The van der Waals surface area contributed by atoms with Gasteiger partial charge in [0.05, 0.1) is 12.1 Å². The Balaban J connectivity index is 1.80. The van der Waals surface area contributed by atoms with Crippen LogP contribution in [0.3, 0.4) is 0 Å². The standard InChI is InChI=1S/C15H16N4O2/c1-9-4-5-13-11(6-9)12(18-21-13)8-15(20)16-14-7-10(2)17-19(14)3/h4-7H,8H2,1-3H3,(H,16,20). The van der Waals surface area contributed by atoms with Crippen molar-refractivity contribution in [2.45, 2.75) is 20.3 Å². The molecule has 0 aliphatic rings. The number of carbonyl (C=O) groups excluding carboxylic acids is 1. The number of aryl methyl sites for hydroxylation is 3. The molecule has 3 rings (SSSR count). The molecule has 0 saturated heterocycles. The highest BCUT2D eigenvalue weighted by Gasteiger charge is 2.14. The molecule has 6 nitrogen and oxygen atoms in total. The lowest BCUT2D eigenvalue weighted by atomic mass is 10.1. The summed E-state index contributed by atoms with van der Waals surface area (Å²) in [6.45, 7) is 3.87. The maximum absolute atomic E-state index is 12.1. The smallest absolute Gasteiger partial charge is 0.231 e. The van der Waals surface area contributed by atoms with Gasteiger partial charge in [0.15, 0.2) is 5.58 Å². The van der Waals surface area contributed by atoms with E-state index in [9.17, 15) is 4.79 Å². The molecule has 0 aliphatic heterocycles. The van der Waals surface area contributed by atoms with Crippen molar-refractivity contribution in [2.24, 2.45) is 7.05 Å². The number of benzene rings is 1. The lowest BCUT2D eigenvalue weighted by Crippen LogP contribution is -2.16. The van der Waals surface area contributed by atoms with Crippen molar-refractivity contribution in [1.29, 1.82) is 0 Å². The van der Waals surface area contributed by atoms with Gasteiger partial charge in [0, 0.05) is 18.5 Å². The molecule has 2 heterocycles. The Morgan fingerprint density at radius 3 is 2.86 bits per heavy atom. The highest BCUT2D eigenvalue weighted by molar-refractivity contribution is 5.94. The van der Waals surface area contributed by atoms with Gasteiger partial charge in [0.25, 0.3) is 0 Å². The second-order valence-corrected chi connectivity index (χ2v) is 5.15. The van der Waals surface area contributed by atoms with E-state index in [0.29, 0.717) is 17.1 Å². The number of fused-ring (bicyclic) bond motifs is 1. The predicted octanol–water partition coefficient (Wildman–Crippen LogP) is 2.36. The number of anilines is 1. The molecule has 1 N–H and O–H groups in total. The topological polar surface area (TPSA) is 73.0 Å². The number of nitrogens with zero attached hydrogens (tertiary/aromatic N) is 3. The average molecular weight is 284 g/mol. The Bertz CT molecular complexity index is 816. The third kappa shape index (κ3) is 2.65. The minimum absolute atomic E-state index is 0.144. The summed E-state index contributed by atoms with van der Waals surface area (Å²) < 4.78 is 6.87. The normalized spacial score (nSPS) is 11.0. The van der Waals surface area contributed by atoms with Crippen LogP contribution in [0, 0.1) is 13.8 Å². The molecular formula is C15H16N4O2. The van der Waals surface area contributed by atoms with E-state index in [2.05, 4.69) is 15.6 Å². The molecule has 21 heavy (non-hydrogen) atoms. The Labute approximate surface area is 121 Å². The van der Waals surface area contributed by atoms with E-state index in [1.54, 1.807) is 11.7 Å². The summed E-state index contributed by atoms with van der Waals surface area (Å²) in [4.78, 5) is 12.1. The summed E-state index contributed by atoms with van der Waals surface area (Å²) in [5.41, 5.74) is 3.30. The zero-order valence-corrected chi connectivity index (χ0v) is 12.2. The second-order valence-electron chi connectivity index (χ2n) is 5.15. The summed E-state index contributed by atoms with van der Waals surface area (Å²) in [6, 6.07) is 7.62. The van der Waals surface area contributed by atoms with Crippen molar-refractivity contribution in [1.82, 2.24) is 14.9 Å². The van der Waals surface area contributed by atoms with Crippen LogP contribution in [0.1, 0.15) is 17.0 Å². The van der Waals surface area contributed by atoms with Crippen LogP contribution in [-0.4, -0.2) is 20.8 Å². The number of hydrogen-bond acceptors (Lipinski definition) is 4. The zero-order valence-electron chi connectivity index (χ0n) is 12.2. The van der Waals surface area contributed by atoms with Gasteiger partial charge in [-0.15, -0.1) is 0 Å². The van der Waals surface area contributed by atoms with Gasteiger partial charge < -0.3 is 9.84 Å². The van der Waals surface area contributed by atoms with Crippen molar-refractivity contribution < 1.29 is 9.32 Å². The van der Waals surface area contributed by atoms with E-state index < -0.39 is 0 Å². The van der Waals surface area contributed by atoms with Gasteiger partial charge in [-0.25, -0.2) is 0 Å². The van der Waals surface area contributed by atoms with Gasteiger partial charge in [-0.05, 0) is 26.0 Å². The number of nitrogens with one attached hydrogen (secondary N) is 1. The fraction of sp³-hybridized carbons (Fsp3) is 0.267. The molecular weight excluding hydrogens is 268 g/mol. The van der Waals surface area contributed by atoms with Gasteiger partial charge in [-0.2, -0.15) is 5.10 Å². The number of amides is 1. The summed E-state index contributed by atoms with van der Waals surface area (Å²) in [5, 5.41) is 11.9. The van der Waals surface area contributed by atoms with Gasteiger partial charge in [-0.3, -0.25) is 9.48 Å². The first kappa shape index (κ1) is 13.4. The van der Waals surface area contributed by atoms with E-state index in [-0.39, 0.29) is 12.3 Å². The van der Waals surface area contributed by atoms with Crippen LogP contribution >= 0.6 is 0 Å². The quantitative estimate of drug-likeness (QED) is 0.801. The molecule has 0 unspecified atom stereocenters. The maximum Gasteiger partial charge on any atom is 0.231 e. The zero-order chi connectivity index (χ0) is 15.0. The fourth-order valence-electron chi connectivity index (χ4n) is 2.30. The third-order valence-corrected chi connectivity index (χ3v) is 3.30. The van der Waals surface area contributed by atoms with Gasteiger partial charge >= 0.3 is 0 Å². The summed E-state index contributed by atoms with van der Waals surface area (Å²) in [7, 11) is 1.79. The SMILES string of the molecule is Cc1ccc2onc(CC(=O)Nc3cc(C)nn3C)c2c1. The van der Waals surface area contributed by atoms with E-state index >= 15 is 0 Å². The van der Waals surface area contributed by atoms with Crippen molar-refractivity contribution in [3.05, 3.63) is 41.2 Å². The molecule has 1 aromatic carbocycles. The average Bonchev–Trinajstić information content (AvgIpc) is 2.94. The van der Waals surface area contributed by atoms with Gasteiger partial charge in [0.2, 0.25) is 5.91 Å². The van der Waals surface area contributed by atoms with Crippen LogP contribution < -0.4 is 5.32 Å². The van der Waals surface area contributed by atoms with Crippen LogP contribution in [0.5, 0.6) is 0 Å². The summed E-state index contributed by atoms with van der Waals surface area (Å²) in [5.74, 6) is 0.524. The van der Waals surface area contributed by atoms with Crippen LogP contribution in [0.2, 0.25) is 0 Å². The lowest BCUT2D eigenvalue weighted by molar-refractivity contribution is -0.115. The maximum atomic E-state index is 12.1. The molecule has 0 bridgehead atoms.